The van der Waals surface area contributed by atoms with Gasteiger partial charge in [-0.05, 0) is 25.1 Å². The lowest BCUT2D eigenvalue weighted by molar-refractivity contribution is -0.140. The third-order valence-corrected chi connectivity index (χ3v) is 4.96. The zero-order chi connectivity index (χ0) is 25.8. The van der Waals surface area contributed by atoms with Crippen molar-refractivity contribution in [2.24, 2.45) is 0 Å². The van der Waals surface area contributed by atoms with Gasteiger partial charge in [0.1, 0.15) is 29.4 Å². The molecule has 7 nitrogen and oxygen atoms in total. The number of nitrogens with zero attached hydrogens (tertiary/aromatic N) is 2. The average Bonchev–Trinajstić information content (AvgIpc) is 2.78. The summed E-state index contributed by atoms with van der Waals surface area (Å²) in [4.78, 5) is 8.63. The van der Waals surface area contributed by atoms with Crippen molar-refractivity contribution < 1.29 is 40.9 Å². The Labute approximate surface area is 198 Å². The maximum Gasteiger partial charge on any atom is 0.419 e. The Morgan fingerprint density at radius 2 is 1.63 bits per heavy atom. The van der Waals surface area contributed by atoms with Crippen molar-refractivity contribution in [3.05, 3.63) is 52.9 Å². The van der Waals surface area contributed by atoms with E-state index in [0.29, 0.717) is 34.3 Å². The maximum absolute atomic E-state index is 14.5. The van der Waals surface area contributed by atoms with Crippen LogP contribution in [-0.2, 0) is 22.2 Å². The second kappa shape index (κ2) is 11.0. The van der Waals surface area contributed by atoms with Crippen LogP contribution in [0.3, 0.4) is 0 Å². The van der Waals surface area contributed by atoms with Gasteiger partial charge < -0.3 is 24.3 Å². The van der Waals surface area contributed by atoms with E-state index in [-0.39, 0.29) is 25.1 Å². The van der Waals surface area contributed by atoms with Crippen LogP contribution in [-0.4, -0.2) is 50.6 Å². The SMILES string of the molecule is COCC(COC)Oc1cc2c(NCc3cc(F)cc(C(F)(F)F)c3F)nc(C)nc2cc1OC. The minimum Gasteiger partial charge on any atom is -0.493 e. The van der Waals surface area contributed by atoms with E-state index in [9.17, 15) is 22.0 Å². The van der Waals surface area contributed by atoms with Gasteiger partial charge in [-0.1, -0.05) is 0 Å². The van der Waals surface area contributed by atoms with Crippen molar-refractivity contribution >= 4 is 16.7 Å². The highest BCUT2D eigenvalue weighted by Gasteiger charge is 2.35. The van der Waals surface area contributed by atoms with Crippen LogP contribution in [0.5, 0.6) is 11.5 Å². The van der Waals surface area contributed by atoms with Crippen LogP contribution in [0, 0.1) is 18.6 Å². The first-order valence-corrected chi connectivity index (χ1v) is 10.4. The quantitative estimate of drug-likeness (QED) is 0.396. The lowest BCUT2D eigenvalue weighted by Crippen LogP contribution is -2.27. The van der Waals surface area contributed by atoms with E-state index in [2.05, 4.69) is 15.3 Å². The van der Waals surface area contributed by atoms with Gasteiger partial charge in [0.15, 0.2) is 11.5 Å². The van der Waals surface area contributed by atoms with Crippen molar-refractivity contribution in [3.63, 3.8) is 0 Å². The summed E-state index contributed by atoms with van der Waals surface area (Å²) in [6.45, 7) is 1.60. The first kappa shape index (κ1) is 26.4. The molecule has 0 radical (unpaired) electrons. The van der Waals surface area contributed by atoms with Gasteiger partial charge in [0, 0.05) is 37.8 Å². The standard InChI is InChI=1S/C23H24F5N3O4/c1-12-30-18-8-19(34-4)20(35-15(10-32-2)11-33-3)7-16(18)22(31-12)29-9-13-5-14(24)6-17(21(13)25)23(26,27)28/h5-8,15H,9-11H2,1-4H3,(H,29,30,31). The molecule has 1 aromatic heterocycles. The van der Waals surface area contributed by atoms with Crippen LogP contribution < -0.4 is 14.8 Å². The molecule has 0 saturated carbocycles. The molecule has 12 heteroatoms. The molecule has 0 amide bonds. The summed E-state index contributed by atoms with van der Waals surface area (Å²) in [5.41, 5.74) is -1.75. The second-order valence-electron chi connectivity index (χ2n) is 7.57. The number of alkyl halides is 3. The molecule has 0 bridgehead atoms. The molecule has 3 aromatic rings. The molecular formula is C23H24F5N3O4. The number of benzene rings is 2. The van der Waals surface area contributed by atoms with E-state index in [4.69, 9.17) is 18.9 Å². The van der Waals surface area contributed by atoms with Crippen molar-refractivity contribution in [2.75, 3.05) is 39.9 Å². The number of hydrogen-bond donors (Lipinski definition) is 1. The third kappa shape index (κ3) is 6.25. The Hall–Kier alpha value is -3.25. The largest absolute Gasteiger partial charge is 0.493 e. The van der Waals surface area contributed by atoms with Gasteiger partial charge in [-0.3, -0.25) is 0 Å². The molecule has 0 fully saturated rings. The molecule has 0 unspecified atom stereocenters. The predicted octanol–water partition coefficient (Wildman–Crippen LogP) is 4.90. The molecule has 1 heterocycles. The van der Waals surface area contributed by atoms with Gasteiger partial charge in [-0.15, -0.1) is 0 Å². The molecule has 1 N–H and O–H groups in total. The number of ether oxygens (including phenoxy) is 4. The van der Waals surface area contributed by atoms with Crippen molar-refractivity contribution in [1.82, 2.24) is 9.97 Å². The van der Waals surface area contributed by atoms with E-state index in [0.717, 1.165) is 0 Å². The Morgan fingerprint density at radius 3 is 2.23 bits per heavy atom. The fourth-order valence-electron chi connectivity index (χ4n) is 3.47. The molecule has 0 aliphatic carbocycles. The van der Waals surface area contributed by atoms with E-state index in [1.807, 2.05) is 0 Å². The first-order valence-electron chi connectivity index (χ1n) is 10.4. The minimum atomic E-state index is -5.04. The monoisotopic (exact) mass is 501 g/mol. The highest BCUT2D eigenvalue weighted by molar-refractivity contribution is 5.91. The molecular weight excluding hydrogens is 477 g/mol. The van der Waals surface area contributed by atoms with Crippen molar-refractivity contribution in [2.45, 2.75) is 25.7 Å². The maximum atomic E-state index is 14.5. The van der Waals surface area contributed by atoms with Gasteiger partial charge in [-0.25, -0.2) is 18.7 Å². The van der Waals surface area contributed by atoms with Crippen LogP contribution in [0.15, 0.2) is 24.3 Å². The van der Waals surface area contributed by atoms with Gasteiger partial charge in [0.05, 0.1) is 31.4 Å². The highest BCUT2D eigenvalue weighted by Crippen LogP contribution is 2.36. The topological polar surface area (TPSA) is 74.7 Å². The number of hydrogen-bond acceptors (Lipinski definition) is 7. The van der Waals surface area contributed by atoms with E-state index in [1.54, 1.807) is 19.1 Å². The van der Waals surface area contributed by atoms with E-state index in [1.165, 1.54) is 21.3 Å². The van der Waals surface area contributed by atoms with Gasteiger partial charge in [0.2, 0.25) is 0 Å². The van der Waals surface area contributed by atoms with Gasteiger partial charge in [0.25, 0.3) is 0 Å². The first-order chi connectivity index (χ1) is 16.6. The minimum absolute atomic E-state index is 0.120. The number of fused-ring (bicyclic) bond motifs is 1. The zero-order valence-electron chi connectivity index (χ0n) is 19.4. The normalized spacial score (nSPS) is 11.8. The number of methoxy groups -OCH3 is 3. The fraction of sp³-hybridized carbons (Fsp3) is 0.391. The average molecular weight is 501 g/mol. The lowest BCUT2D eigenvalue weighted by atomic mass is 10.1. The highest BCUT2D eigenvalue weighted by atomic mass is 19.4. The Balaban J connectivity index is 2.01. The smallest absolute Gasteiger partial charge is 0.419 e. The molecule has 190 valence electrons. The molecule has 0 aliphatic heterocycles. The Kier molecular flexibility index (Phi) is 8.28. The summed E-state index contributed by atoms with van der Waals surface area (Å²) < 4.78 is 89.1. The summed E-state index contributed by atoms with van der Waals surface area (Å²) in [6.07, 6.45) is -5.51. The van der Waals surface area contributed by atoms with Crippen LogP contribution >= 0.6 is 0 Å². The second-order valence-corrected chi connectivity index (χ2v) is 7.57. The number of rotatable bonds is 10. The molecule has 3 rings (SSSR count). The number of aryl methyl sites for hydroxylation is 1. The Bertz CT molecular complexity index is 1180. The molecule has 0 spiro atoms. The third-order valence-electron chi connectivity index (χ3n) is 4.96. The molecule has 0 atom stereocenters. The summed E-state index contributed by atoms with van der Waals surface area (Å²) in [6, 6.07) is 4.00. The molecule has 0 saturated heterocycles. The summed E-state index contributed by atoms with van der Waals surface area (Å²) in [5, 5.41) is 3.21. The van der Waals surface area contributed by atoms with Gasteiger partial charge in [-0.2, -0.15) is 13.2 Å². The zero-order valence-corrected chi connectivity index (χ0v) is 19.4. The molecule has 2 aromatic carbocycles. The predicted molar refractivity (Wildman–Crippen MR) is 118 cm³/mol. The number of nitrogens with one attached hydrogen (secondary N) is 1. The molecule has 0 aliphatic rings. The summed E-state index contributed by atoms with van der Waals surface area (Å²) in [5.74, 6) is -1.57. The van der Waals surface area contributed by atoms with Gasteiger partial charge >= 0.3 is 6.18 Å². The van der Waals surface area contributed by atoms with Crippen molar-refractivity contribution in [1.29, 1.82) is 0 Å². The van der Waals surface area contributed by atoms with E-state index >= 15 is 0 Å². The number of aromatic nitrogens is 2. The number of halogens is 5. The molecule has 35 heavy (non-hydrogen) atoms. The van der Waals surface area contributed by atoms with Crippen LogP contribution in [0.1, 0.15) is 17.0 Å². The van der Waals surface area contributed by atoms with Crippen LogP contribution in [0.2, 0.25) is 0 Å². The van der Waals surface area contributed by atoms with Crippen LogP contribution in [0.25, 0.3) is 10.9 Å². The summed E-state index contributed by atoms with van der Waals surface area (Å²) in [7, 11) is 4.48. The van der Waals surface area contributed by atoms with E-state index < -0.39 is 41.6 Å². The Morgan fingerprint density at radius 1 is 0.943 bits per heavy atom. The number of anilines is 1. The fourth-order valence-corrected chi connectivity index (χ4v) is 3.47. The van der Waals surface area contributed by atoms with Crippen LogP contribution in [0.4, 0.5) is 27.8 Å². The summed E-state index contributed by atoms with van der Waals surface area (Å²) >= 11 is 0. The van der Waals surface area contributed by atoms with Crippen molar-refractivity contribution in [3.8, 4) is 11.5 Å². The lowest BCUT2D eigenvalue weighted by Gasteiger charge is -2.20.